The van der Waals surface area contributed by atoms with Crippen molar-refractivity contribution in [3.8, 4) is 28.1 Å². The molecule has 4 aromatic rings. The summed E-state index contributed by atoms with van der Waals surface area (Å²) < 4.78 is 28.9. The van der Waals surface area contributed by atoms with Crippen LogP contribution in [0.4, 0.5) is 5.69 Å². The molecule has 1 unspecified atom stereocenters. The van der Waals surface area contributed by atoms with E-state index in [2.05, 4.69) is 21.9 Å². The fraction of sp³-hybridized carbons (Fsp3) is 0.160. The maximum Gasteiger partial charge on any atom is 0.473 e. The van der Waals surface area contributed by atoms with Crippen LogP contribution >= 0.6 is 7.82 Å². The maximum atomic E-state index is 12.1. The van der Waals surface area contributed by atoms with Crippen molar-refractivity contribution in [1.29, 1.82) is 0 Å². The number of fused-ring (bicyclic) bond motifs is 1. The van der Waals surface area contributed by atoms with Crippen molar-refractivity contribution in [3.63, 3.8) is 0 Å². The summed E-state index contributed by atoms with van der Waals surface area (Å²) in [5.74, 6) is 0.135. The Bertz CT molecular complexity index is 1470. The van der Waals surface area contributed by atoms with Gasteiger partial charge in [-0.2, -0.15) is 0 Å². The van der Waals surface area contributed by atoms with Crippen LogP contribution < -0.4 is 10.1 Å². The lowest BCUT2D eigenvalue weighted by Crippen LogP contribution is -2.07. The molecule has 2 N–H and O–H groups in total. The van der Waals surface area contributed by atoms with E-state index in [0.717, 1.165) is 27.6 Å². The van der Waals surface area contributed by atoms with Crippen LogP contribution in [0.25, 0.3) is 33.3 Å². The van der Waals surface area contributed by atoms with Crippen LogP contribution in [0.5, 0.6) is 5.88 Å². The molecule has 3 heterocycles. The average Bonchev–Trinajstić information content (AvgIpc) is 3.25. The van der Waals surface area contributed by atoms with Crippen LogP contribution in [0.3, 0.4) is 0 Å². The van der Waals surface area contributed by atoms with Gasteiger partial charge in [-0.25, -0.2) is 14.5 Å². The number of carbonyl (C=O) groups is 1. The fourth-order valence-corrected chi connectivity index (χ4v) is 4.32. The number of phosphoric ester groups is 1. The molecule has 0 fully saturated rings. The molecular formula is C25H25N4O6P. The summed E-state index contributed by atoms with van der Waals surface area (Å²) in [6.45, 7) is 4.87. The van der Waals surface area contributed by atoms with Crippen LogP contribution in [0.2, 0.25) is 0 Å². The summed E-state index contributed by atoms with van der Waals surface area (Å²) in [5, 5.41) is 3.53. The van der Waals surface area contributed by atoms with Crippen LogP contribution in [-0.4, -0.2) is 39.1 Å². The summed E-state index contributed by atoms with van der Waals surface area (Å²) in [4.78, 5) is 30.4. The van der Waals surface area contributed by atoms with E-state index in [9.17, 15) is 14.3 Å². The second-order valence-electron chi connectivity index (χ2n) is 7.61. The van der Waals surface area contributed by atoms with Gasteiger partial charge in [0.05, 0.1) is 13.7 Å². The van der Waals surface area contributed by atoms with Crippen molar-refractivity contribution >= 4 is 30.5 Å². The van der Waals surface area contributed by atoms with Gasteiger partial charge in [0.15, 0.2) is 0 Å². The first-order valence-corrected chi connectivity index (χ1v) is 12.5. The van der Waals surface area contributed by atoms with Gasteiger partial charge in [-0.1, -0.05) is 18.7 Å². The van der Waals surface area contributed by atoms with Gasteiger partial charge >= 0.3 is 7.82 Å². The molecule has 0 spiro atoms. The van der Waals surface area contributed by atoms with Gasteiger partial charge in [0.25, 0.3) is 0 Å². The first kappa shape index (κ1) is 25.3. The normalized spacial score (nSPS) is 12.8. The summed E-state index contributed by atoms with van der Waals surface area (Å²) in [6, 6.07) is 12.9. The predicted octanol–water partition coefficient (Wildman–Crippen LogP) is 5.01. The zero-order chi connectivity index (χ0) is 25.7. The minimum absolute atomic E-state index is 0.0379. The van der Waals surface area contributed by atoms with Crippen molar-refractivity contribution in [2.24, 2.45) is 0 Å². The molecule has 36 heavy (non-hydrogen) atoms. The fourth-order valence-electron chi connectivity index (χ4n) is 3.65. The number of hydrogen-bond donors (Lipinski definition) is 2. The molecule has 0 aliphatic rings. The number of ether oxygens (including phenoxy) is 1. The molecule has 4 rings (SSSR count). The molecule has 1 atom stereocenters. The van der Waals surface area contributed by atoms with E-state index in [-0.39, 0.29) is 19.2 Å². The molecule has 10 nitrogen and oxygen atoms in total. The first-order chi connectivity index (χ1) is 17.3. The Morgan fingerprint density at radius 1 is 1.17 bits per heavy atom. The highest BCUT2D eigenvalue weighted by atomic mass is 31.2. The summed E-state index contributed by atoms with van der Waals surface area (Å²) >= 11 is 0. The van der Waals surface area contributed by atoms with Gasteiger partial charge in [0.2, 0.25) is 11.8 Å². The number of nitrogens with one attached hydrogen (secondary N) is 1. The van der Waals surface area contributed by atoms with Gasteiger partial charge < -0.3 is 19.5 Å². The molecule has 0 bridgehead atoms. The molecule has 1 aromatic carbocycles. The molecule has 0 radical (unpaired) electrons. The smallest absolute Gasteiger partial charge is 0.473 e. The molecule has 0 saturated heterocycles. The predicted molar refractivity (Wildman–Crippen MR) is 136 cm³/mol. The van der Waals surface area contributed by atoms with Crippen molar-refractivity contribution in [1.82, 2.24) is 14.5 Å². The van der Waals surface area contributed by atoms with E-state index in [1.54, 1.807) is 42.2 Å². The third-order valence-electron chi connectivity index (χ3n) is 5.27. The number of hydrogen-bond acceptors (Lipinski definition) is 7. The standard InChI is InChI=1S/C25H25N4O6P/c1-4-23(30)28-20-8-6-7-17(11-20)19-12-21-22(18-9-10-26-24(13-18)33-3)15-29(25(21)27-14-19)16-35-36(31,32)34-5-2/h4,6-15H,1,5,16H2,2-3H3,(H,28,30)(H,31,32). The van der Waals surface area contributed by atoms with E-state index in [0.29, 0.717) is 17.2 Å². The Balaban J connectivity index is 1.80. The van der Waals surface area contributed by atoms with E-state index in [1.807, 2.05) is 30.3 Å². The van der Waals surface area contributed by atoms with Gasteiger partial charge in [-0.15, -0.1) is 0 Å². The highest BCUT2D eigenvalue weighted by Crippen LogP contribution is 2.44. The molecule has 1 amide bonds. The topological polar surface area (TPSA) is 125 Å². The number of phosphoric acid groups is 1. The van der Waals surface area contributed by atoms with E-state index in [4.69, 9.17) is 13.8 Å². The average molecular weight is 508 g/mol. The minimum atomic E-state index is -4.21. The third kappa shape index (κ3) is 5.69. The quantitative estimate of drug-likeness (QED) is 0.226. The number of nitrogens with zero attached hydrogens (tertiary/aromatic N) is 3. The van der Waals surface area contributed by atoms with Crippen molar-refractivity contribution in [2.45, 2.75) is 13.7 Å². The van der Waals surface area contributed by atoms with Crippen LogP contribution in [0.1, 0.15) is 6.92 Å². The monoisotopic (exact) mass is 508 g/mol. The third-order valence-corrected chi connectivity index (χ3v) is 6.30. The lowest BCUT2D eigenvalue weighted by molar-refractivity contribution is -0.111. The largest absolute Gasteiger partial charge is 0.481 e. The second kappa shape index (κ2) is 10.8. The van der Waals surface area contributed by atoms with Gasteiger partial charge in [0.1, 0.15) is 12.4 Å². The molecule has 0 saturated carbocycles. The lowest BCUT2D eigenvalue weighted by atomic mass is 10.0. The van der Waals surface area contributed by atoms with Crippen LogP contribution in [-0.2, 0) is 25.1 Å². The number of benzene rings is 1. The highest BCUT2D eigenvalue weighted by Gasteiger charge is 2.22. The molecular weight excluding hydrogens is 483 g/mol. The number of rotatable bonds is 10. The Kier molecular flexibility index (Phi) is 7.61. The Morgan fingerprint density at radius 2 is 2.00 bits per heavy atom. The zero-order valence-corrected chi connectivity index (χ0v) is 20.6. The lowest BCUT2D eigenvalue weighted by Gasteiger charge is -2.12. The Morgan fingerprint density at radius 3 is 2.75 bits per heavy atom. The molecule has 11 heteroatoms. The van der Waals surface area contributed by atoms with Gasteiger partial charge in [-0.05, 0) is 48.4 Å². The number of amides is 1. The van der Waals surface area contributed by atoms with Gasteiger partial charge in [-0.3, -0.25) is 13.8 Å². The second-order valence-corrected chi connectivity index (χ2v) is 9.07. The van der Waals surface area contributed by atoms with Crippen LogP contribution in [0.15, 0.2) is 73.7 Å². The number of methoxy groups -OCH3 is 1. The minimum Gasteiger partial charge on any atom is -0.481 e. The Hall–Kier alpha value is -3.82. The zero-order valence-electron chi connectivity index (χ0n) is 19.7. The number of carbonyl (C=O) groups excluding carboxylic acids is 1. The highest BCUT2D eigenvalue weighted by molar-refractivity contribution is 7.47. The summed E-state index contributed by atoms with van der Waals surface area (Å²) in [7, 11) is -2.67. The van der Waals surface area contributed by atoms with Crippen molar-refractivity contribution in [2.75, 3.05) is 19.0 Å². The number of aromatic nitrogens is 3. The van der Waals surface area contributed by atoms with E-state index < -0.39 is 7.82 Å². The molecule has 0 aliphatic heterocycles. The van der Waals surface area contributed by atoms with E-state index in [1.165, 1.54) is 13.2 Å². The maximum absolute atomic E-state index is 12.1. The number of pyridine rings is 2. The van der Waals surface area contributed by atoms with Crippen molar-refractivity contribution in [3.05, 3.63) is 73.7 Å². The van der Waals surface area contributed by atoms with E-state index >= 15 is 0 Å². The van der Waals surface area contributed by atoms with Gasteiger partial charge in [0, 0.05) is 46.9 Å². The summed E-state index contributed by atoms with van der Waals surface area (Å²) in [6.07, 6.45) is 6.30. The van der Waals surface area contributed by atoms with Crippen LogP contribution in [0, 0.1) is 0 Å². The SMILES string of the molecule is C=CC(=O)Nc1cccc(-c2cnc3c(c2)c(-c2ccnc(OC)c2)cn3COP(=O)(O)OCC)c1. The summed E-state index contributed by atoms with van der Waals surface area (Å²) in [5.41, 5.74) is 4.41. The molecule has 186 valence electrons. The molecule has 3 aromatic heterocycles. The molecule has 0 aliphatic carbocycles. The first-order valence-electron chi connectivity index (χ1n) is 11.0. The Labute approximate surface area is 207 Å². The number of anilines is 1. The van der Waals surface area contributed by atoms with Crippen molar-refractivity contribution < 1.29 is 28.0 Å².